The summed E-state index contributed by atoms with van der Waals surface area (Å²) in [5, 5.41) is 2.50. The van der Waals surface area contributed by atoms with Gasteiger partial charge in [0.2, 0.25) is 0 Å². The first-order valence-corrected chi connectivity index (χ1v) is 8.57. The number of nitrogens with zero attached hydrogens (tertiary/aromatic N) is 1. The number of aryl methyl sites for hydroxylation is 2. The minimum atomic E-state index is 0.595. The number of rotatable bonds is 1. The van der Waals surface area contributed by atoms with Crippen molar-refractivity contribution in [3.05, 3.63) is 69.7 Å². The monoisotopic (exact) mass is 367 g/mol. The molecule has 3 heteroatoms. The normalized spacial score (nSPS) is 13.8. The van der Waals surface area contributed by atoms with Gasteiger partial charge in [-0.1, -0.05) is 34.1 Å². The summed E-state index contributed by atoms with van der Waals surface area (Å²) in [5.41, 5.74) is 5.12. The van der Waals surface area contributed by atoms with Crippen LogP contribution in [0.4, 0.5) is 5.69 Å². The Balaban J connectivity index is 1.77. The third-order valence-electron chi connectivity index (χ3n) is 4.63. The Morgan fingerprint density at radius 2 is 1.83 bits per heavy atom. The molecule has 23 heavy (non-hydrogen) atoms. The number of hydrogen-bond donors (Lipinski definition) is 0. The van der Waals surface area contributed by atoms with Crippen molar-refractivity contribution in [2.75, 3.05) is 11.6 Å². The Bertz CT molecular complexity index is 904. The summed E-state index contributed by atoms with van der Waals surface area (Å²) < 4.78 is 7.12. The summed E-state index contributed by atoms with van der Waals surface area (Å²) in [6, 6.07) is 17.2. The molecule has 0 unspecified atom stereocenters. The van der Waals surface area contributed by atoms with Crippen LogP contribution in [0, 0.1) is 13.8 Å². The fourth-order valence-electron chi connectivity index (χ4n) is 3.12. The van der Waals surface area contributed by atoms with Crippen molar-refractivity contribution in [3.63, 3.8) is 0 Å². The van der Waals surface area contributed by atoms with E-state index < -0.39 is 0 Å². The Kier molecular flexibility index (Phi) is 3.53. The van der Waals surface area contributed by atoms with Gasteiger partial charge in [-0.25, -0.2) is 0 Å². The molecular weight excluding hydrogens is 350 g/mol. The van der Waals surface area contributed by atoms with Gasteiger partial charge in [0.15, 0.2) is 6.73 Å². The Morgan fingerprint density at radius 3 is 2.65 bits per heavy atom. The lowest BCUT2D eigenvalue weighted by Crippen LogP contribution is -2.32. The number of anilines is 1. The molecule has 0 fully saturated rings. The second kappa shape index (κ2) is 5.57. The first-order chi connectivity index (χ1) is 11.1. The third-order valence-corrected chi connectivity index (χ3v) is 5.12. The van der Waals surface area contributed by atoms with Crippen molar-refractivity contribution >= 4 is 32.4 Å². The molecule has 0 aliphatic carbocycles. The zero-order chi connectivity index (χ0) is 16.0. The first kappa shape index (κ1) is 14.6. The van der Waals surface area contributed by atoms with E-state index in [1.807, 2.05) is 0 Å². The predicted molar refractivity (Wildman–Crippen MR) is 99.2 cm³/mol. The summed E-state index contributed by atoms with van der Waals surface area (Å²) in [6.07, 6.45) is 0. The van der Waals surface area contributed by atoms with Crippen LogP contribution >= 0.6 is 15.9 Å². The van der Waals surface area contributed by atoms with Crippen LogP contribution in [0.1, 0.15) is 16.7 Å². The zero-order valence-electron chi connectivity index (χ0n) is 13.3. The second-order valence-electron chi connectivity index (χ2n) is 6.15. The lowest BCUT2D eigenvalue weighted by molar-refractivity contribution is 0.290. The SMILES string of the molecule is Cc1ccc(N2COc3ccc4cc(Br)ccc4c3C2)cc1C. The van der Waals surface area contributed by atoms with Crippen LogP contribution in [-0.2, 0) is 6.54 Å². The maximum absolute atomic E-state index is 6.01. The Hall–Kier alpha value is -2.00. The minimum Gasteiger partial charge on any atom is -0.473 e. The summed E-state index contributed by atoms with van der Waals surface area (Å²) in [7, 11) is 0. The van der Waals surface area contributed by atoms with Gasteiger partial charge >= 0.3 is 0 Å². The van der Waals surface area contributed by atoms with Gasteiger partial charge in [0.05, 0.1) is 6.54 Å². The molecular formula is C20H18BrNO. The Morgan fingerprint density at radius 1 is 0.957 bits per heavy atom. The maximum atomic E-state index is 6.01. The molecule has 4 rings (SSSR count). The molecule has 0 saturated carbocycles. The fourth-order valence-corrected chi connectivity index (χ4v) is 3.49. The molecule has 3 aromatic rings. The average Bonchev–Trinajstić information content (AvgIpc) is 2.56. The van der Waals surface area contributed by atoms with E-state index in [0.717, 1.165) is 16.8 Å². The van der Waals surface area contributed by atoms with Gasteiger partial charge in [0, 0.05) is 15.7 Å². The second-order valence-corrected chi connectivity index (χ2v) is 7.06. The zero-order valence-corrected chi connectivity index (χ0v) is 14.9. The first-order valence-electron chi connectivity index (χ1n) is 7.78. The minimum absolute atomic E-state index is 0.595. The number of hydrogen-bond acceptors (Lipinski definition) is 2. The van der Waals surface area contributed by atoms with Gasteiger partial charge in [-0.2, -0.15) is 0 Å². The highest BCUT2D eigenvalue weighted by molar-refractivity contribution is 9.10. The lowest BCUT2D eigenvalue weighted by atomic mass is 10.0. The van der Waals surface area contributed by atoms with E-state index >= 15 is 0 Å². The van der Waals surface area contributed by atoms with Crippen molar-refractivity contribution in [2.45, 2.75) is 20.4 Å². The molecule has 1 aliphatic heterocycles. The molecule has 0 radical (unpaired) electrons. The van der Waals surface area contributed by atoms with Gasteiger partial charge in [-0.3, -0.25) is 0 Å². The molecule has 0 atom stereocenters. The number of halogens is 1. The largest absolute Gasteiger partial charge is 0.473 e. The van der Waals surface area contributed by atoms with Crippen LogP contribution < -0.4 is 9.64 Å². The van der Waals surface area contributed by atoms with Crippen LogP contribution in [-0.4, -0.2) is 6.73 Å². The third kappa shape index (κ3) is 2.59. The van der Waals surface area contributed by atoms with Gasteiger partial charge < -0.3 is 9.64 Å². The fraction of sp³-hybridized carbons (Fsp3) is 0.200. The van der Waals surface area contributed by atoms with Crippen LogP contribution in [0.3, 0.4) is 0 Å². The smallest absolute Gasteiger partial charge is 0.161 e. The molecule has 116 valence electrons. The molecule has 0 amide bonds. The van der Waals surface area contributed by atoms with Crippen LogP contribution in [0.25, 0.3) is 10.8 Å². The quantitative estimate of drug-likeness (QED) is 0.556. The molecule has 0 bridgehead atoms. The topological polar surface area (TPSA) is 12.5 Å². The van der Waals surface area contributed by atoms with E-state index in [9.17, 15) is 0 Å². The van der Waals surface area contributed by atoms with Crippen LogP contribution in [0.2, 0.25) is 0 Å². The van der Waals surface area contributed by atoms with Gasteiger partial charge in [0.1, 0.15) is 5.75 Å². The maximum Gasteiger partial charge on any atom is 0.161 e. The molecule has 0 N–H and O–H groups in total. The van der Waals surface area contributed by atoms with E-state index in [1.54, 1.807) is 0 Å². The molecule has 2 nitrogen and oxygen atoms in total. The van der Waals surface area contributed by atoms with Crippen LogP contribution in [0.15, 0.2) is 53.0 Å². The average molecular weight is 368 g/mol. The predicted octanol–water partition coefficient (Wildman–Crippen LogP) is 5.58. The van der Waals surface area contributed by atoms with E-state index in [2.05, 4.69) is 83.2 Å². The van der Waals surface area contributed by atoms with Crippen molar-refractivity contribution in [1.82, 2.24) is 0 Å². The highest BCUT2D eigenvalue weighted by Gasteiger charge is 2.20. The van der Waals surface area contributed by atoms with E-state index in [1.165, 1.54) is 33.2 Å². The Labute approximate surface area is 144 Å². The van der Waals surface area contributed by atoms with E-state index in [-0.39, 0.29) is 0 Å². The summed E-state index contributed by atoms with van der Waals surface area (Å²) >= 11 is 3.55. The molecule has 0 aromatic heterocycles. The molecule has 0 spiro atoms. The molecule has 0 saturated heterocycles. The van der Waals surface area contributed by atoms with Crippen molar-refractivity contribution in [1.29, 1.82) is 0 Å². The lowest BCUT2D eigenvalue weighted by Gasteiger charge is -2.32. The summed E-state index contributed by atoms with van der Waals surface area (Å²) in [5.74, 6) is 1.000. The van der Waals surface area contributed by atoms with Crippen LogP contribution in [0.5, 0.6) is 5.75 Å². The standard InChI is InChI=1S/C20H18BrNO/c1-13-3-6-17(9-14(13)2)22-11-19-18-7-5-16(21)10-15(18)4-8-20(19)23-12-22/h3-10H,11-12H2,1-2H3. The molecule has 1 heterocycles. The summed E-state index contributed by atoms with van der Waals surface area (Å²) in [6.45, 7) is 5.77. The summed E-state index contributed by atoms with van der Waals surface area (Å²) in [4.78, 5) is 2.29. The van der Waals surface area contributed by atoms with Crippen molar-refractivity contribution in [3.8, 4) is 5.75 Å². The number of benzene rings is 3. The molecule has 3 aromatic carbocycles. The highest BCUT2D eigenvalue weighted by Crippen LogP contribution is 2.35. The molecule has 1 aliphatic rings. The van der Waals surface area contributed by atoms with E-state index in [0.29, 0.717) is 6.73 Å². The van der Waals surface area contributed by atoms with Crippen molar-refractivity contribution in [2.24, 2.45) is 0 Å². The van der Waals surface area contributed by atoms with Gasteiger partial charge in [0.25, 0.3) is 0 Å². The highest BCUT2D eigenvalue weighted by atomic mass is 79.9. The van der Waals surface area contributed by atoms with Gasteiger partial charge in [-0.05, 0) is 66.1 Å². The number of fused-ring (bicyclic) bond motifs is 3. The van der Waals surface area contributed by atoms with Gasteiger partial charge in [-0.15, -0.1) is 0 Å². The number of ether oxygens (including phenoxy) is 1. The van der Waals surface area contributed by atoms with E-state index in [4.69, 9.17) is 4.74 Å². The van der Waals surface area contributed by atoms with Crippen molar-refractivity contribution < 1.29 is 4.74 Å².